The van der Waals surface area contributed by atoms with Crippen molar-refractivity contribution in [1.82, 2.24) is 0 Å². The van der Waals surface area contributed by atoms with Gasteiger partial charge in [-0.1, -0.05) is 369 Å². The fourth-order valence-electron chi connectivity index (χ4n) is 12.4. The van der Waals surface area contributed by atoms with Crippen molar-refractivity contribution in [2.75, 3.05) is 39.6 Å². The van der Waals surface area contributed by atoms with Crippen molar-refractivity contribution in [2.24, 2.45) is 11.8 Å². The van der Waals surface area contributed by atoms with Gasteiger partial charge in [0.05, 0.1) is 26.4 Å². The second-order valence-electron chi connectivity index (χ2n) is 29.8. The molecule has 0 saturated heterocycles. The van der Waals surface area contributed by atoms with Gasteiger partial charge < -0.3 is 33.8 Å². The monoisotopic (exact) mass is 1450 g/mol. The van der Waals surface area contributed by atoms with Gasteiger partial charge in [-0.2, -0.15) is 0 Å². The number of esters is 4. The van der Waals surface area contributed by atoms with Gasteiger partial charge in [0, 0.05) is 25.7 Å². The molecule has 19 heteroatoms. The van der Waals surface area contributed by atoms with Crippen molar-refractivity contribution in [3.63, 3.8) is 0 Å². The number of rotatable bonds is 79. The Balaban J connectivity index is 5.25. The van der Waals surface area contributed by atoms with Gasteiger partial charge in [0.25, 0.3) is 0 Å². The average molecular weight is 1450 g/mol. The number of phosphoric acid groups is 2. The van der Waals surface area contributed by atoms with Crippen molar-refractivity contribution in [3.05, 3.63) is 0 Å². The highest BCUT2D eigenvalue weighted by Gasteiger charge is 2.30. The lowest BCUT2D eigenvalue weighted by Crippen LogP contribution is -2.30. The summed E-state index contributed by atoms with van der Waals surface area (Å²) in [5.74, 6) is -0.554. The molecule has 588 valence electrons. The summed E-state index contributed by atoms with van der Waals surface area (Å²) in [5, 5.41) is 10.6. The van der Waals surface area contributed by atoms with Gasteiger partial charge in [0.15, 0.2) is 12.2 Å². The van der Waals surface area contributed by atoms with Crippen LogP contribution in [0.15, 0.2) is 0 Å². The molecule has 0 aliphatic carbocycles. The summed E-state index contributed by atoms with van der Waals surface area (Å²) >= 11 is 0. The highest BCUT2D eigenvalue weighted by atomic mass is 31.2. The largest absolute Gasteiger partial charge is 0.472 e. The van der Waals surface area contributed by atoms with Gasteiger partial charge >= 0.3 is 39.5 Å². The standard InChI is InChI=1S/C80H156O17P2/c1-7-9-11-13-15-17-19-21-28-32-38-44-50-56-62-77(82)90-68-75(96-80(85)65-59-53-47-40-34-30-26-24-23-25-27-31-36-42-48-54-60-72(3)4)70-94-98(86,87)92-66-74(81)67-93-99(88,89)95-71-76(69-91-78(83)63-57-51-45-41-35-37-43-49-55-61-73(5)6)97-79(84)64-58-52-46-39-33-29-22-20-18-16-14-12-10-8-2/h72-76,81H,7-71H2,1-6H3,(H,86,87)(H,88,89)/t74-,75-,76-/m1/s1. The first-order valence-electron chi connectivity index (χ1n) is 41.5. The molecule has 0 aromatic heterocycles. The zero-order valence-corrected chi connectivity index (χ0v) is 66.6. The normalized spacial score (nSPS) is 13.9. The van der Waals surface area contributed by atoms with E-state index < -0.39 is 97.5 Å². The minimum absolute atomic E-state index is 0.108. The molecule has 0 bridgehead atoms. The van der Waals surface area contributed by atoms with E-state index in [0.29, 0.717) is 25.7 Å². The second-order valence-corrected chi connectivity index (χ2v) is 32.7. The van der Waals surface area contributed by atoms with Crippen LogP contribution in [0.3, 0.4) is 0 Å². The van der Waals surface area contributed by atoms with E-state index in [2.05, 4.69) is 41.5 Å². The van der Waals surface area contributed by atoms with Crippen LogP contribution in [-0.4, -0.2) is 96.7 Å². The zero-order chi connectivity index (χ0) is 72.8. The Kier molecular flexibility index (Phi) is 70.3. The number of ether oxygens (including phenoxy) is 4. The van der Waals surface area contributed by atoms with Crippen molar-refractivity contribution in [2.45, 2.75) is 439 Å². The first-order valence-corrected chi connectivity index (χ1v) is 44.5. The van der Waals surface area contributed by atoms with Crippen LogP contribution in [0.5, 0.6) is 0 Å². The van der Waals surface area contributed by atoms with Crippen LogP contribution < -0.4 is 0 Å². The molecule has 17 nitrogen and oxygen atoms in total. The molecule has 0 rings (SSSR count). The predicted octanol–water partition coefficient (Wildman–Crippen LogP) is 23.9. The van der Waals surface area contributed by atoms with E-state index >= 15 is 0 Å². The highest BCUT2D eigenvalue weighted by Crippen LogP contribution is 2.45. The Bertz CT molecular complexity index is 1910. The Hall–Kier alpha value is -1.94. The molecule has 0 fully saturated rings. The third-order valence-electron chi connectivity index (χ3n) is 18.7. The Labute approximate surface area is 607 Å². The molecule has 3 N–H and O–H groups in total. The Morgan fingerprint density at radius 1 is 0.273 bits per heavy atom. The molecule has 0 aliphatic rings. The lowest BCUT2D eigenvalue weighted by Gasteiger charge is -2.21. The number of aliphatic hydroxyl groups excluding tert-OH is 1. The molecule has 99 heavy (non-hydrogen) atoms. The number of carbonyl (C=O) groups excluding carboxylic acids is 4. The van der Waals surface area contributed by atoms with Crippen LogP contribution in [0.4, 0.5) is 0 Å². The Morgan fingerprint density at radius 2 is 0.465 bits per heavy atom. The van der Waals surface area contributed by atoms with Crippen molar-refractivity contribution < 1.29 is 80.2 Å². The minimum Gasteiger partial charge on any atom is -0.462 e. The molecule has 0 aromatic rings. The molecule has 0 aliphatic heterocycles. The number of phosphoric ester groups is 2. The third-order valence-corrected chi connectivity index (χ3v) is 20.6. The quantitative estimate of drug-likeness (QED) is 0.0222. The lowest BCUT2D eigenvalue weighted by molar-refractivity contribution is -0.161. The van der Waals surface area contributed by atoms with E-state index in [9.17, 15) is 43.2 Å². The summed E-state index contributed by atoms with van der Waals surface area (Å²) in [6.07, 6.45) is 60.9. The van der Waals surface area contributed by atoms with E-state index in [1.165, 1.54) is 238 Å². The van der Waals surface area contributed by atoms with Crippen LogP contribution in [0.2, 0.25) is 0 Å². The summed E-state index contributed by atoms with van der Waals surface area (Å²) in [5.41, 5.74) is 0. The predicted molar refractivity (Wildman–Crippen MR) is 405 cm³/mol. The van der Waals surface area contributed by atoms with Crippen LogP contribution in [0, 0.1) is 11.8 Å². The molecule has 0 spiro atoms. The van der Waals surface area contributed by atoms with Gasteiger partial charge in [-0.05, 0) is 37.5 Å². The van der Waals surface area contributed by atoms with E-state index in [1.807, 2.05) is 0 Å². The Morgan fingerprint density at radius 3 is 0.687 bits per heavy atom. The SMILES string of the molecule is CCCCCCCCCCCCCCCCC(=O)OC[C@H](COP(=O)(O)OC[C@@H](O)COP(=O)(O)OC[C@@H](COC(=O)CCCCCCCCCCCC(C)C)OC(=O)CCCCCCCCCCCCCCCC)OC(=O)CCCCCCCCCCCCCCCCCCC(C)C. The van der Waals surface area contributed by atoms with E-state index in [0.717, 1.165) is 102 Å². The van der Waals surface area contributed by atoms with Gasteiger partial charge in [-0.15, -0.1) is 0 Å². The van der Waals surface area contributed by atoms with Crippen molar-refractivity contribution in [1.29, 1.82) is 0 Å². The molecular formula is C80H156O17P2. The maximum Gasteiger partial charge on any atom is 0.472 e. The van der Waals surface area contributed by atoms with Crippen molar-refractivity contribution >= 4 is 39.5 Å². The van der Waals surface area contributed by atoms with Crippen LogP contribution in [-0.2, 0) is 65.4 Å². The van der Waals surface area contributed by atoms with Gasteiger partial charge in [-0.3, -0.25) is 37.3 Å². The fourth-order valence-corrected chi connectivity index (χ4v) is 13.9. The number of unbranched alkanes of at least 4 members (excludes halogenated alkanes) is 49. The number of hydrogen-bond donors (Lipinski definition) is 3. The topological polar surface area (TPSA) is 237 Å². The number of carbonyl (C=O) groups is 4. The van der Waals surface area contributed by atoms with Crippen LogP contribution >= 0.6 is 15.6 Å². The zero-order valence-electron chi connectivity index (χ0n) is 64.8. The maximum atomic E-state index is 13.1. The van der Waals surface area contributed by atoms with Crippen LogP contribution in [0.1, 0.15) is 420 Å². The molecule has 0 radical (unpaired) electrons. The smallest absolute Gasteiger partial charge is 0.462 e. The maximum absolute atomic E-state index is 13.1. The summed E-state index contributed by atoms with van der Waals surface area (Å²) in [4.78, 5) is 73.0. The molecule has 0 heterocycles. The molecule has 0 aromatic carbocycles. The first kappa shape index (κ1) is 97.1. The summed E-state index contributed by atoms with van der Waals surface area (Å²) < 4.78 is 68.7. The van der Waals surface area contributed by atoms with E-state index in [-0.39, 0.29) is 25.7 Å². The summed E-state index contributed by atoms with van der Waals surface area (Å²) in [7, 11) is -9.92. The molecule has 5 atom stereocenters. The van der Waals surface area contributed by atoms with Gasteiger partial charge in [-0.25, -0.2) is 9.13 Å². The first-order chi connectivity index (χ1) is 47.9. The highest BCUT2D eigenvalue weighted by molar-refractivity contribution is 7.47. The molecule has 0 saturated carbocycles. The summed E-state index contributed by atoms with van der Waals surface area (Å²) in [6.45, 7) is 9.65. The second kappa shape index (κ2) is 71.7. The fraction of sp³-hybridized carbons (Fsp3) is 0.950. The van der Waals surface area contributed by atoms with Crippen LogP contribution in [0.25, 0.3) is 0 Å². The molecular weight excluding hydrogens is 1290 g/mol. The number of hydrogen-bond acceptors (Lipinski definition) is 15. The van der Waals surface area contributed by atoms with E-state index in [4.69, 9.17) is 37.0 Å². The molecule has 0 amide bonds. The lowest BCUT2D eigenvalue weighted by atomic mass is 10.0. The summed E-state index contributed by atoms with van der Waals surface area (Å²) in [6, 6.07) is 0. The van der Waals surface area contributed by atoms with Crippen molar-refractivity contribution in [3.8, 4) is 0 Å². The van der Waals surface area contributed by atoms with Gasteiger partial charge in [0.1, 0.15) is 19.3 Å². The number of aliphatic hydroxyl groups is 1. The van der Waals surface area contributed by atoms with Gasteiger partial charge in [0.2, 0.25) is 0 Å². The third kappa shape index (κ3) is 74.1. The van der Waals surface area contributed by atoms with E-state index in [1.54, 1.807) is 0 Å². The average Bonchev–Trinajstić information content (AvgIpc) is 1.07. The minimum atomic E-state index is -4.96. The molecule has 2 unspecified atom stereocenters.